The largest absolute Gasteiger partial charge is 0.318 e. The molecule has 3 nitrogen and oxygen atoms in total. The lowest BCUT2D eigenvalue weighted by Gasteiger charge is -1.99. The number of aromatic nitrogens is 1. The van der Waals surface area contributed by atoms with Gasteiger partial charge in [0.2, 0.25) is 4.80 Å². The highest BCUT2D eigenvalue weighted by Crippen LogP contribution is 2.15. The van der Waals surface area contributed by atoms with E-state index in [-0.39, 0.29) is 0 Å². The van der Waals surface area contributed by atoms with E-state index in [0.717, 1.165) is 30.5 Å². The van der Waals surface area contributed by atoms with Crippen LogP contribution in [0.5, 0.6) is 0 Å². The summed E-state index contributed by atoms with van der Waals surface area (Å²) in [4.78, 5) is 0.964. The highest BCUT2D eigenvalue weighted by molar-refractivity contribution is 7.16. The van der Waals surface area contributed by atoms with Gasteiger partial charge >= 0.3 is 0 Å². The summed E-state index contributed by atoms with van der Waals surface area (Å²) < 4.78 is 3.37. The summed E-state index contributed by atoms with van der Waals surface area (Å²) in [7, 11) is 2.05. The second-order valence-electron chi connectivity index (χ2n) is 4.68. The van der Waals surface area contributed by atoms with Gasteiger partial charge in [-0.1, -0.05) is 50.2 Å². The Bertz CT molecular complexity index is 626. The summed E-state index contributed by atoms with van der Waals surface area (Å²) in [6.07, 6.45) is 4.36. The quantitative estimate of drug-likeness (QED) is 0.581. The molecule has 0 spiro atoms. The van der Waals surface area contributed by atoms with Gasteiger partial charge in [-0.05, 0) is 25.0 Å². The van der Waals surface area contributed by atoms with Crippen LogP contribution in [0.1, 0.15) is 39.5 Å². The van der Waals surface area contributed by atoms with Gasteiger partial charge in [-0.2, -0.15) is 5.10 Å². The summed E-state index contributed by atoms with van der Waals surface area (Å²) >= 11 is 1.69. The fourth-order valence-corrected chi connectivity index (χ4v) is 3.06. The molecule has 0 radical (unpaired) electrons. The molecule has 1 heterocycles. The number of aryl methyl sites for hydroxylation is 1. The van der Waals surface area contributed by atoms with Crippen LogP contribution < -0.4 is 4.80 Å². The highest BCUT2D eigenvalue weighted by Gasteiger charge is 2.01. The van der Waals surface area contributed by atoms with E-state index in [2.05, 4.69) is 52.9 Å². The van der Waals surface area contributed by atoms with Crippen molar-refractivity contribution in [3.8, 4) is 0 Å². The Balaban J connectivity index is 2.39. The van der Waals surface area contributed by atoms with E-state index in [1.54, 1.807) is 11.3 Å². The summed E-state index contributed by atoms with van der Waals surface area (Å²) in [5.74, 6) is 0. The number of benzene rings is 1. The van der Waals surface area contributed by atoms with Crippen LogP contribution in [-0.2, 0) is 7.05 Å². The average Bonchev–Trinajstić information content (AvgIpc) is 2.74. The minimum absolute atomic E-state index is 0.964. The van der Waals surface area contributed by atoms with Gasteiger partial charge in [0, 0.05) is 12.8 Å². The van der Waals surface area contributed by atoms with E-state index in [1.165, 1.54) is 15.9 Å². The van der Waals surface area contributed by atoms with E-state index >= 15 is 0 Å². The molecule has 0 atom stereocenters. The number of thiazole rings is 1. The predicted molar refractivity (Wildman–Crippen MR) is 83.6 cm³/mol. The van der Waals surface area contributed by atoms with Crippen molar-refractivity contribution in [1.29, 1.82) is 0 Å². The minimum Gasteiger partial charge on any atom is -0.318 e. The third-order valence-corrected chi connectivity index (χ3v) is 4.17. The van der Waals surface area contributed by atoms with Crippen LogP contribution in [0.3, 0.4) is 0 Å². The molecule has 1 aromatic carbocycles. The maximum Gasteiger partial charge on any atom is 0.211 e. The molecule has 1 aromatic heterocycles. The molecule has 0 aliphatic rings. The molecule has 0 bridgehead atoms. The SMILES string of the molecule is CCCC(CCC)=N/N=c1/sc2ccccc2n1C. The second-order valence-corrected chi connectivity index (χ2v) is 5.69. The molecule has 0 N–H and O–H groups in total. The van der Waals surface area contributed by atoms with Crippen molar-refractivity contribution in [2.24, 2.45) is 17.3 Å². The number of nitrogens with zero attached hydrogens (tertiary/aromatic N) is 3. The second kappa shape index (κ2) is 6.66. The van der Waals surface area contributed by atoms with Crippen molar-refractivity contribution in [3.05, 3.63) is 29.1 Å². The molecule has 2 rings (SSSR count). The molecule has 102 valence electrons. The lowest BCUT2D eigenvalue weighted by atomic mass is 10.1. The molecular weight excluding hydrogens is 254 g/mol. The molecule has 0 aliphatic carbocycles. The van der Waals surface area contributed by atoms with Crippen LogP contribution in [0.15, 0.2) is 34.5 Å². The first-order valence-electron chi connectivity index (χ1n) is 6.90. The summed E-state index contributed by atoms with van der Waals surface area (Å²) in [5, 5.41) is 8.91. The summed E-state index contributed by atoms with van der Waals surface area (Å²) in [6.45, 7) is 4.37. The van der Waals surface area contributed by atoms with E-state index in [9.17, 15) is 0 Å². The summed E-state index contributed by atoms with van der Waals surface area (Å²) in [5.41, 5.74) is 2.43. The molecule has 4 heteroatoms. The van der Waals surface area contributed by atoms with Gasteiger partial charge in [0.05, 0.1) is 10.2 Å². The Morgan fingerprint density at radius 1 is 1.16 bits per heavy atom. The zero-order valence-corrected chi connectivity index (χ0v) is 12.7. The maximum absolute atomic E-state index is 4.46. The van der Waals surface area contributed by atoms with Crippen LogP contribution in [0, 0.1) is 0 Å². The number of hydrogen-bond acceptors (Lipinski definition) is 3. The van der Waals surface area contributed by atoms with Gasteiger partial charge in [0.1, 0.15) is 0 Å². The third-order valence-electron chi connectivity index (χ3n) is 3.07. The first-order chi connectivity index (χ1) is 9.26. The van der Waals surface area contributed by atoms with E-state index in [1.807, 2.05) is 7.05 Å². The monoisotopic (exact) mass is 275 g/mol. The molecule has 0 aliphatic heterocycles. The Kier molecular flexibility index (Phi) is 4.91. The van der Waals surface area contributed by atoms with Gasteiger partial charge < -0.3 is 4.57 Å². The van der Waals surface area contributed by atoms with Crippen LogP contribution >= 0.6 is 11.3 Å². The highest BCUT2D eigenvalue weighted by atomic mass is 32.1. The van der Waals surface area contributed by atoms with Gasteiger partial charge in [-0.15, -0.1) is 5.10 Å². The van der Waals surface area contributed by atoms with Crippen LogP contribution in [0.25, 0.3) is 10.2 Å². The average molecular weight is 275 g/mol. The van der Waals surface area contributed by atoms with Gasteiger partial charge in [0.15, 0.2) is 0 Å². The van der Waals surface area contributed by atoms with E-state index in [0.29, 0.717) is 0 Å². The van der Waals surface area contributed by atoms with Crippen LogP contribution in [0.2, 0.25) is 0 Å². The third kappa shape index (κ3) is 3.32. The fraction of sp³-hybridized carbons (Fsp3) is 0.467. The molecule has 0 saturated carbocycles. The lowest BCUT2D eigenvalue weighted by molar-refractivity contribution is 0.866. The molecule has 0 unspecified atom stereocenters. The molecule has 0 saturated heterocycles. The predicted octanol–water partition coefficient (Wildman–Crippen LogP) is 4.10. The van der Waals surface area contributed by atoms with Crippen molar-refractivity contribution in [3.63, 3.8) is 0 Å². The maximum atomic E-state index is 4.46. The van der Waals surface area contributed by atoms with Gasteiger partial charge in [-0.3, -0.25) is 0 Å². The lowest BCUT2D eigenvalue weighted by Crippen LogP contribution is -2.09. The standard InChI is InChI=1S/C15H21N3S/c1-4-8-12(9-5-2)16-17-15-18(3)13-10-6-7-11-14(13)19-15/h6-7,10-11H,4-5,8-9H2,1-3H3/b17-15+. The van der Waals surface area contributed by atoms with Crippen molar-refractivity contribution in [1.82, 2.24) is 4.57 Å². The van der Waals surface area contributed by atoms with Crippen molar-refractivity contribution in [2.45, 2.75) is 39.5 Å². The number of hydrogen-bond donors (Lipinski definition) is 0. The first kappa shape index (κ1) is 14.0. The molecular formula is C15H21N3S. The Morgan fingerprint density at radius 2 is 1.84 bits per heavy atom. The van der Waals surface area contributed by atoms with Crippen LogP contribution in [-0.4, -0.2) is 10.3 Å². The topological polar surface area (TPSA) is 29.6 Å². The fourth-order valence-electron chi connectivity index (χ4n) is 2.09. The summed E-state index contributed by atoms with van der Waals surface area (Å²) in [6, 6.07) is 8.36. The normalized spacial score (nSPS) is 12.1. The zero-order chi connectivity index (χ0) is 13.7. The minimum atomic E-state index is 0.964. The Hall–Kier alpha value is -1.42. The number of para-hydroxylation sites is 1. The Labute approximate surface area is 118 Å². The van der Waals surface area contributed by atoms with Crippen molar-refractivity contribution >= 4 is 27.3 Å². The van der Waals surface area contributed by atoms with E-state index < -0.39 is 0 Å². The first-order valence-corrected chi connectivity index (χ1v) is 7.72. The molecule has 0 fully saturated rings. The molecule has 19 heavy (non-hydrogen) atoms. The van der Waals surface area contributed by atoms with Crippen molar-refractivity contribution < 1.29 is 0 Å². The van der Waals surface area contributed by atoms with Gasteiger partial charge in [0.25, 0.3) is 0 Å². The van der Waals surface area contributed by atoms with E-state index in [4.69, 9.17) is 0 Å². The zero-order valence-electron chi connectivity index (χ0n) is 11.9. The number of rotatable bonds is 5. The number of fused-ring (bicyclic) bond motifs is 1. The molecule has 0 amide bonds. The smallest absolute Gasteiger partial charge is 0.211 e. The Morgan fingerprint density at radius 3 is 2.47 bits per heavy atom. The van der Waals surface area contributed by atoms with Crippen molar-refractivity contribution in [2.75, 3.05) is 0 Å². The van der Waals surface area contributed by atoms with Gasteiger partial charge in [-0.25, -0.2) is 0 Å². The van der Waals surface area contributed by atoms with Crippen LogP contribution in [0.4, 0.5) is 0 Å². The molecule has 2 aromatic rings.